The molecule has 17 heavy (non-hydrogen) atoms. The zero-order valence-electron chi connectivity index (χ0n) is 10.4. The van der Waals surface area contributed by atoms with Gasteiger partial charge in [0, 0.05) is 26.3 Å². The number of urea groups is 1. The second-order valence-electron chi connectivity index (χ2n) is 3.82. The smallest absolute Gasteiger partial charge is 0.317 e. The van der Waals surface area contributed by atoms with Gasteiger partial charge in [-0.25, -0.2) is 4.79 Å². The Labute approximate surface area is 101 Å². The van der Waals surface area contributed by atoms with Crippen LogP contribution < -0.4 is 5.32 Å². The van der Waals surface area contributed by atoms with Gasteiger partial charge in [0.1, 0.15) is 0 Å². The number of nitrogens with one attached hydrogen (secondary N) is 1. The molecule has 0 unspecified atom stereocenters. The number of aromatic nitrogens is 2. The fourth-order valence-electron chi connectivity index (χ4n) is 1.56. The molecule has 0 saturated heterocycles. The van der Waals surface area contributed by atoms with Crippen molar-refractivity contribution >= 4 is 6.03 Å². The minimum absolute atomic E-state index is 0.0148. The van der Waals surface area contributed by atoms with E-state index in [0.717, 1.165) is 12.1 Å². The molecule has 0 atom stereocenters. The first-order chi connectivity index (χ1) is 8.19. The monoisotopic (exact) mass is 240 g/mol. The number of amides is 2. The molecular weight excluding hydrogens is 220 g/mol. The molecule has 6 nitrogen and oxygen atoms in total. The highest BCUT2D eigenvalue weighted by Gasteiger charge is 2.11. The van der Waals surface area contributed by atoms with E-state index in [1.165, 1.54) is 0 Å². The summed E-state index contributed by atoms with van der Waals surface area (Å²) in [6, 6.07) is 1.71. The molecule has 0 radical (unpaired) electrons. The summed E-state index contributed by atoms with van der Waals surface area (Å²) < 4.78 is 1.72. The van der Waals surface area contributed by atoms with Crippen molar-refractivity contribution in [3.63, 3.8) is 0 Å². The first-order valence-electron chi connectivity index (χ1n) is 5.79. The van der Waals surface area contributed by atoms with Crippen molar-refractivity contribution in [3.8, 4) is 0 Å². The van der Waals surface area contributed by atoms with E-state index in [1.54, 1.807) is 15.8 Å². The van der Waals surface area contributed by atoms with Crippen LogP contribution in [0.25, 0.3) is 0 Å². The zero-order valence-corrected chi connectivity index (χ0v) is 10.4. The van der Waals surface area contributed by atoms with Crippen molar-refractivity contribution in [2.45, 2.75) is 19.9 Å². The summed E-state index contributed by atoms with van der Waals surface area (Å²) in [6.07, 6.45) is 2.57. The summed E-state index contributed by atoms with van der Waals surface area (Å²) in [5, 5.41) is 15.7. The van der Waals surface area contributed by atoms with Crippen LogP contribution in [-0.2, 0) is 13.6 Å². The maximum Gasteiger partial charge on any atom is 0.317 e. The van der Waals surface area contributed by atoms with Gasteiger partial charge in [0.25, 0.3) is 0 Å². The molecule has 2 amide bonds. The van der Waals surface area contributed by atoms with Gasteiger partial charge in [-0.1, -0.05) is 6.92 Å². The van der Waals surface area contributed by atoms with Crippen molar-refractivity contribution in [2.24, 2.45) is 7.05 Å². The van der Waals surface area contributed by atoms with Crippen molar-refractivity contribution in [1.82, 2.24) is 20.0 Å². The lowest BCUT2D eigenvalue weighted by molar-refractivity contribution is 0.176. The summed E-state index contributed by atoms with van der Waals surface area (Å²) >= 11 is 0. The number of nitrogens with zero attached hydrogens (tertiary/aromatic N) is 3. The number of aliphatic hydroxyl groups excluding tert-OH is 1. The van der Waals surface area contributed by atoms with Crippen LogP contribution in [0.5, 0.6) is 0 Å². The third kappa shape index (κ3) is 4.07. The van der Waals surface area contributed by atoms with Gasteiger partial charge in [-0.2, -0.15) is 5.10 Å². The molecule has 1 rings (SSSR count). The lowest BCUT2D eigenvalue weighted by atomic mass is 10.4. The Balaban J connectivity index is 2.44. The topological polar surface area (TPSA) is 70.4 Å². The Kier molecular flexibility index (Phi) is 5.48. The molecule has 0 spiro atoms. The van der Waals surface area contributed by atoms with Gasteiger partial charge in [0.2, 0.25) is 0 Å². The predicted molar refractivity (Wildman–Crippen MR) is 64.4 cm³/mol. The summed E-state index contributed by atoms with van der Waals surface area (Å²) in [5.41, 5.74) is 0.943. The lowest BCUT2D eigenvalue weighted by Gasteiger charge is -2.21. The van der Waals surface area contributed by atoms with E-state index in [2.05, 4.69) is 10.4 Å². The first-order valence-corrected chi connectivity index (χ1v) is 5.79. The van der Waals surface area contributed by atoms with Crippen molar-refractivity contribution in [1.29, 1.82) is 0 Å². The molecule has 0 aliphatic rings. The van der Waals surface area contributed by atoms with E-state index in [4.69, 9.17) is 5.11 Å². The molecule has 1 aromatic rings. The summed E-state index contributed by atoms with van der Waals surface area (Å²) in [4.78, 5) is 13.4. The highest BCUT2D eigenvalue weighted by Crippen LogP contribution is 1.97. The fourth-order valence-corrected chi connectivity index (χ4v) is 1.56. The lowest BCUT2D eigenvalue weighted by Crippen LogP contribution is -2.41. The predicted octanol–water partition coefficient (Wildman–Crippen LogP) is 0.334. The van der Waals surface area contributed by atoms with Crippen LogP contribution in [0.4, 0.5) is 4.79 Å². The number of hydrogen-bond acceptors (Lipinski definition) is 3. The molecule has 6 heteroatoms. The van der Waals surface area contributed by atoms with Crippen molar-refractivity contribution < 1.29 is 9.90 Å². The zero-order chi connectivity index (χ0) is 12.7. The fraction of sp³-hybridized carbons (Fsp3) is 0.636. The summed E-state index contributed by atoms with van der Waals surface area (Å²) in [5.74, 6) is 0. The maximum absolute atomic E-state index is 11.8. The Morgan fingerprint density at radius 2 is 2.35 bits per heavy atom. The average molecular weight is 240 g/mol. The standard InChI is InChI=1S/C11H20N4O2/c1-3-6-15(7-8-16)11(17)12-9-10-4-5-13-14(10)2/h4-5,16H,3,6-9H2,1-2H3,(H,12,17). The first kappa shape index (κ1) is 13.5. The highest BCUT2D eigenvalue weighted by molar-refractivity contribution is 5.74. The Morgan fingerprint density at radius 3 is 2.88 bits per heavy atom. The van der Waals surface area contributed by atoms with Gasteiger partial charge in [0.15, 0.2) is 0 Å². The van der Waals surface area contributed by atoms with E-state index in [0.29, 0.717) is 19.6 Å². The summed E-state index contributed by atoms with van der Waals surface area (Å²) in [6.45, 7) is 3.45. The Hall–Kier alpha value is -1.56. The largest absolute Gasteiger partial charge is 0.395 e. The molecular formula is C11H20N4O2. The van der Waals surface area contributed by atoms with E-state index >= 15 is 0 Å². The van der Waals surface area contributed by atoms with Crippen molar-refractivity contribution in [2.75, 3.05) is 19.7 Å². The van der Waals surface area contributed by atoms with E-state index < -0.39 is 0 Å². The quantitative estimate of drug-likeness (QED) is 0.753. The molecule has 0 saturated carbocycles. The molecule has 1 aromatic heterocycles. The second kappa shape index (κ2) is 6.90. The minimum Gasteiger partial charge on any atom is -0.395 e. The van der Waals surface area contributed by atoms with Gasteiger partial charge < -0.3 is 15.3 Å². The van der Waals surface area contributed by atoms with Gasteiger partial charge in [-0.15, -0.1) is 0 Å². The van der Waals surface area contributed by atoms with Gasteiger partial charge >= 0.3 is 6.03 Å². The molecule has 2 N–H and O–H groups in total. The number of carbonyl (C=O) groups is 1. The Bertz CT molecular complexity index is 345. The van der Waals surface area contributed by atoms with Crippen LogP contribution in [0.2, 0.25) is 0 Å². The van der Waals surface area contributed by atoms with Crippen LogP contribution in [-0.4, -0.2) is 45.5 Å². The average Bonchev–Trinajstić information content (AvgIpc) is 2.71. The Morgan fingerprint density at radius 1 is 1.59 bits per heavy atom. The molecule has 1 heterocycles. The maximum atomic E-state index is 11.8. The van der Waals surface area contributed by atoms with Crippen LogP contribution in [0.1, 0.15) is 19.0 Å². The molecule has 96 valence electrons. The molecule has 0 aromatic carbocycles. The van der Waals surface area contributed by atoms with Crippen LogP contribution in [0.3, 0.4) is 0 Å². The molecule has 0 bridgehead atoms. The molecule has 0 aliphatic carbocycles. The number of aliphatic hydroxyl groups is 1. The molecule has 0 fully saturated rings. The second-order valence-corrected chi connectivity index (χ2v) is 3.82. The minimum atomic E-state index is -0.151. The van der Waals surface area contributed by atoms with Crippen LogP contribution in [0, 0.1) is 0 Å². The number of hydrogen-bond donors (Lipinski definition) is 2. The van der Waals surface area contributed by atoms with E-state index in [1.807, 2.05) is 20.0 Å². The van der Waals surface area contributed by atoms with Crippen molar-refractivity contribution in [3.05, 3.63) is 18.0 Å². The van der Waals surface area contributed by atoms with Gasteiger partial charge in [-0.3, -0.25) is 4.68 Å². The number of rotatable bonds is 6. The number of carbonyl (C=O) groups excluding carboxylic acids is 1. The third-order valence-electron chi connectivity index (χ3n) is 2.49. The number of aryl methyl sites for hydroxylation is 1. The van der Waals surface area contributed by atoms with Gasteiger partial charge in [0.05, 0.1) is 18.8 Å². The van der Waals surface area contributed by atoms with Crippen LogP contribution >= 0.6 is 0 Å². The molecule has 0 aliphatic heterocycles. The summed E-state index contributed by atoms with van der Waals surface area (Å²) in [7, 11) is 1.83. The SMILES string of the molecule is CCCN(CCO)C(=O)NCc1ccnn1C. The van der Waals surface area contributed by atoms with E-state index in [9.17, 15) is 4.79 Å². The normalized spacial score (nSPS) is 10.3. The third-order valence-corrected chi connectivity index (χ3v) is 2.49. The van der Waals surface area contributed by atoms with Gasteiger partial charge in [-0.05, 0) is 12.5 Å². The van der Waals surface area contributed by atoms with Crippen LogP contribution in [0.15, 0.2) is 12.3 Å². The van der Waals surface area contributed by atoms with E-state index in [-0.39, 0.29) is 12.6 Å². The highest BCUT2D eigenvalue weighted by atomic mass is 16.3.